The van der Waals surface area contributed by atoms with Crippen LogP contribution >= 0.6 is 11.3 Å². The summed E-state index contributed by atoms with van der Waals surface area (Å²) in [6, 6.07) is 5.55. The second kappa shape index (κ2) is 4.97. The molecule has 0 fully saturated rings. The summed E-state index contributed by atoms with van der Waals surface area (Å²) in [5, 5.41) is 4.89. The van der Waals surface area contributed by atoms with Crippen LogP contribution in [-0.2, 0) is 0 Å². The Morgan fingerprint density at radius 3 is 3.00 bits per heavy atom. The Hall–Kier alpha value is -1.88. The van der Waals surface area contributed by atoms with Crippen molar-refractivity contribution < 1.29 is 4.79 Å². The van der Waals surface area contributed by atoms with Crippen LogP contribution in [0.2, 0.25) is 0 Å². The summed E-state index contributed by atoms with van der Waals surface area (Å²) in [6.07, 6.45) is 3.03. The highest BCUT2D eigenvalue weighted by Crippen LogP contribution is 2.19. The van der Waals surface area contributed by atoms with Gasteiger partial charge in [0.05, 0.1) is 23.5 Å². The lowest BCUT2D eigenvalue weighted by Crippen LogP contribution is -2.26. The average molecular weight is 247 g/mol. The van der Waals surface area contributed by atoms with Gasteiger partial charge in [-0.25, -0.2) is 0 Å². The van der Waals surface area contributed by atoms with Crippen molar-refractivity contribution in [3.05, 3.63) is 46.4 Å². The van der Waals surface area contributed by atoms with E-state index in [1.165, 1.54) is 6.20 Å². The molecule has 0 saturated heterocycles. The Balaban J connectivity index is 2.10. The lowest BCUT2D eigenvalue weighted by Gasteiger charge is -2.12. The van der Waals surface area contributed by atoms with Gasteiger partial charge < -0.3 is 11.1 Å². The molecule has 1 atom stereocenters. The fraction of sp³-hybridized carbons (Fsp3) is 0.167. The van der Waals surface area contributed by atoms with Gasteiger partial charge in [-0.15, -0.1) is 11.3 Å². The third-order valence-corrected chi connectivity index (χ3v) is 3.47. The first-order chi connectivity index (χ1) is 8.18. The van der Waals surface area contributed by atoms with E-state index in [1.807, 2.05) is 24.4 Å². The Bertz CT molecular complexity index is 510. The molecule has 1 amide bonds. The van der Waals surface area contributed by atoms with E-state index in [0.29, 0.717) is 11.3 Å². The van der Waals surface area contributed by atoms with Gasteiger partial charge in [-0.3, -0.25) is 9.78 Å². The van der Waals surface area contributed by atoms with E-state index >= 15 is 0 Å². The summed E-state index contributed by atoms with van der Waals surface area (Å²) < 4.78 is 0. The molecule has 0 saturated carbocycles. The molecule has 4 nitrogen and oxygen atoms in total. The van der Waals surface area contributed by atoms with Crippen LogP contribution in [-0.4, -0.2) is 10.9 Å². The summed E-state index contributed by atoms with van der Waals surface area (Å²) in [4.78, 5) is 16.9. The van der Waals surface area contributed by atoms with Crippen LogP contribution in [0.5, 0.6) is 0 Å². The largest absolute Gasteiger partial charge is 0.397 e. The van der Waals surface area contributed by atoms with Crippen LogP contribution in [0.3, 0.4) is 0 Å². The first kappa shape index (κ1) is 11.6. The van der Waals surface area contributed by atoms with Crippen LogP contribution in [0.15, 0.2) is 36.0 Å². The smallest absolute Gasteiger partial charge is 0.253 e. The highest BCUT2D eigenvalue weighted by Gasteiger charge is 2.13. The summed E-state index contributed by atoms with van der Waals surface area (Å²) in [5.74, 6) is -0.175. The molecule has 2 rings (SSSR count). The van der Waals surface area contributed by atoms with E-state index in [0.717, 1.165) is 4.88 Å². The number of amides is 1. The summed E-state index contributed by atoms with van der Waals surface area (Å²) in [5.41, 5.74) is 6.55. The van der Waals surface area contributed by atoms with Crippen LogP contribution in [0.4, 0.5) is 5.69 Å². The van der Waals surface area contributed by atoms with E-state index in [2.05, 4.69) is 10.3 Å². The number of rotatable bonds is 3. The van der Waals surface area contributed by atoms with Crippen LogP contribution in [0, 0.1) is 0 Å². The standard InChI is InChI=1S/C12H13N3OS/c1-8(11-3-2-6-17-11)15-12(16)9-4-5-14-7-10(9)13/h2-8H,13H2,1H3,(H,15,16). The van der Waals surface area contributed by atoms with Gasteiger partial charge in [0, 0.05) is 11.1 Å². The van der Waals surface area contributed by atoms with Gasteiger partial charge in [-0.2, -0.15) is 0 Å². The molecule has 0 aliphatic rings. The number of nitrogens with two attached hydrogens (primary N) is 1. The fourth-order valence-electron chi connectivity index (χ4n) is 1.50. The summed E-state index contributed by atoms with van der Waals surface area (Å²) >= 11 is 1.61. The van der Waals surface area contributed by atoms with Gasteiger partial charge in [-0.05, 0) is 24.4 Å². The number of carbonyl (C=O) groups excluding carboxylic acids is 1. The second-order valence-corrected chi connectivity index (χ2v) is 4.65. The number of thiophene rings is 1. The van der Waals surface area contributed by atoms with Crippen molar-refractivity contribution >= 4 is 22.9 Å². The molecule has 17 heavy (non-hydrogen) atoms. The van der Waals surface area contributed by atoms with Crippen molar-refractivity contribution in [2.75, 3.05) is 5.73 Å². The number of nitrogen functional groups attached to an aromatic ring is 1. The highest BCUT2D eigenvalue weighted by atomic mass is 32.1. The summed E-state index contributed by atoms with van der Waals surface area (Å²) in [7, 11) is 0. The predicted octanol–water partition coefficient (Wildman–Crippen LogP) is 2.22. The van der Waals surface area contributed by atoms with Crippen molar-refractivity contribution in [1.29, 1.82) is 0 Å². The lowest BCUT2D eigenvalue weighted by atomic mass is 10.2. The molecule has 88 valence electrons. The normalized spacial score (nSPS) is 12.1. The molecule has 3 N–H and O–H groups in total. The van der Waals surface area contributed by atoms with Crippen LogP contribution in [0.25, 0.3) is 0 Å². The molecule has 0 aromatic carbocycles. The number of nitrogens with one attached hydrogen (secondary N) is 1. The Kier molecular flexibility index (Phi) is 3.39. The maximum absolute atomic E-state index is 12.0. The predicted molar refractivity (Wildman–Crippen MR) is 68.8 cm³/mol. The minimum Gasteiger partial charge on any atom is -0.397 e. The number of hydrogen-bond acceptors (Lipinski definition) is 4. The Morgan fingerprint density at radius 1 is 1.53 bits per heavy atom. The van der Waals surface area contributed by atoms with Gasteiger partial charge in [0.25, 0.3) is 5.91 Å². The van der Waals surface area contributed by atoms with Crippen molar-refractivity contribution in [2.45, 2.75) is 13.0 Å². The molecule has 0 spiro atoms. The molecule has 2 heterocycles. The zero-order valence-electron chi connectivity index (χ0n) is 9.38. The molecule has 2 aromatic rings. The average Bonchev–Trinajstić information content (AvgIpc) is 2.82. The van der Waals surface area contributed by atoms with E-state index in [1.54, 1.807) is 23.6 Å². The first-order valence-corrected chi connectivity index (χ1v) is 6.10. The van der Waals surface area contributed by atoms with Crippen molar-refractivity contribution in [3.8, 4) is 0 Å². The third-order valence-electron chi connectivity index (χ3n) is 2.41. The van der Waals surface area contributed by atoms with Crippen LogP contribution in [0.1, 0.15) is 28.2 Å². The van der Waals surface area contributed by atoms with Crippen LogP contribution < -0.4 is 11.1 Å². The maximum Gasteiger partial charge on any atom is 0.253 e. The molecule has 0 radical (unpaired) electrons. The molecular weight excluding hydrogens is 234 g/mol. The van der Waals surface area contributed by atoms with E-state index in [9.17, 15) is 4.79 Å². The number of carbonyl (C=O) groups is 1. The fourth-order valence-corrected chi connectivity index (χ4v) is 2.23. The topological polar surface area (TPSA) is 68.0 Å². The highest BCUT2D eigenvalue weighted by molar-refractivity contribution is 7.10. The van der Waals surface area contributed by atoms with E-state index in [-0.39, 0.29) is 11.9 Å². The van der Waals surface area contributed by atoms with Crippen molar-refractivity contribution in [3.63, 3.8) is 0 Å². The molecule has 0 aliphatic carbocycles. The quantitative estimate of drug-likeness (QED) is 0.873. The molecular formula is C12H13N3OS. The van der Waals surface area contributed by atoms with Gasteiger partial charge in [0.15, 0.2) is 0 Å². The SMILES string of the molecule is CC(NC(=O)c1ccncc1N)c1cccs1. The van der Waals surface area contributed by atoms with Crippen molar-refractivity contribution in [2.24, 2.45) is 0 Å². The lowest BCUT2D eigenvalue weighted by molar-refractivity contribution is 0.0941. The number of nitrogens with zero attached hydrogens (tertiary/aromatic N) is 1. The second-order valence-electron chi connectivity index (χ2n) is 3.67. The summed E-state index contributed by atoms with van der Waals surface area (Å²) in [6.45, 7) is 1.95. The van der Waals surface area contributed by atoms with E-state index < -0.39 is 0 Å². The first-order valence-electron chi connectivity index (χ1n) is 5.22. The number of aromatic nitrogens is 1. The number of hydrogen-bond donors (Lipinski definition) is 2. The van der Waals surface area contributed by atoms with Gasteiger partial charge in [0.2, 0.25) is 0 Å². The minimum absolute atomic E-state index is 0.0185. The van der Waals surface area contributed by atoms with Crippen molar-refractivity contribution in [1.82, 2.24) is 10.3 Å². The Morgan fingerprint density at radius 2 is 2.35 bits per heavy atom. The number of anilines is 1. The zero-order valence-corrected chi connectivity index (χ0v) is 10.2. The van der Waals surface area contributed by atoms with Gasteiger partial charge >= 0.3 is 0 Å². The maximum atomic E-state index is 12.0. The zero-order chi connectivity index (χ0) is 12.3. The monoisotopic (exact) mass is 247 g/mol. The molecule has 0 bridgehead atoms. The van der Waals surface area contributed by atoms with Gasteiger partial charge in [0.1, 0.15) is 0 Å². The minimum atomic E-state index is -0.175. The molecule has 5 heteroatoms. The number of pyridine rings is 1. The van der Waals surface area contributed by atoms with Gasteiger partial charge in [-0.1, -0.05) is 6.07 Å². The molecule has 2 aromatic heterocycles. The Labute approximate surface area is 103 Å². The third kappa shape index (κ3) is 2.62. The van der Waals surface area contributed by atoms with E-state index in [4.69, 9.17) is 5.73 Å². The molecule has 1 unspecified atom stereocenters. The molecule has 0 aliphatic heterocycles.